The van der Waals surface area contributed by atoms with Gasteiger partial charge < -0.3 is 10.4 Å². The van der Waals surface area contributed by atoms with Crippen LogP contribution in [0.1, 0.15) is 77.0 Å². The molecule has 0 aromatic heterocycles. The minimum Gasteiger partial charge on any atom is -0.481 e. The highest BCUT2D eigenvalue weighted by Crippen LogP contribution is 2.48. The lowest BCUT2D eigenvalue weighted by atomic mass is 9.82. The predicted octanol–water partition coefficient (Wildman–Crippen LogP) is 4.30. The summed E-state index contributed by atoms with van der Waals surface area (Å²) in [5.41, 5.74) is 0. The molecule has 0 saturated heterocycles. The molecule has 140 valence electrons. The first-order valence-corrected chi connectivity index (χ1v) is 10.4. The fourth-order valence-corrected chi connectivity index (χ4v) is 5.12. The van der Waals surface area contributed by atoms with Crippen molar-refractivity contribution in [3.8, 4) is 0 Å². The summed E-state index contributed by atoms with van der Waals surface area (Å²) in [5, 5.41) is 12.8. The number of fused-ring (bicyclic) bond motifs is 2. The first kappa shape index (κ1) is 18.5. The van der Waals surface area contributed by atoms with Crippen LogP contribution in [-0.2, 0) is 9.59 Å². The van der Waals surface area contributed by atoms with Crippen LogP contribution in [0.3, 0.4) is 0 Å². The Morgan fingerprint density at radius 3 is 1.76 bits per heavy atom. The van der Waals surface area contributed by atoms with Gasteiger partial charge in [0.25, 0.3) is 0 Å². The molecule has 0 radical (unpaired) electrons. The second kappa shape index (κ2) is 8.86. The van der Waals surface area contributed by atoms with Crippen LogP contribution < -0.4 is 5.32 Å². The van der Waals surface area contributed by atoms with Gasteiger partial charge in [-0.25, -0.2) is 0 Å². The number of carbonyl (C=O) groups is 2. The summed E-state index contributed by atoms with van der Waals surface area (Å²) < 4.78 is 0. The third-order valence-electron chi connectivity index (χ3n) is 6.50. The molecule has 3 aliphatic rings. The summed E-state index contributed by atoms with van der Waals surface area (Å²) in [6.07, 6.45) is 18.5. The molecule has 2 bridgehead atoms. The predicted molar refractivity (Wildman–Crippen MR) is 98.1 cm³/mol. The second-order valence-electron chi connectivity index (χ2n) is 8.30. The molecule has 3 aliphatic carbocycles. The fourth-order valence-electron chi connectivity index (χ4n) is 5.12. The Morgan fingerprint density at radius 2 is 1.24 bits per heavy atom. The summed E-state index contributed by atoms with van der Waals surface area (Å²) in [6, 6.07) is 0.226. The first-order chi connectivity index (χ1) is 12.2. The van der Waals surface area contributed by atoms with E-state index in [-0.39, 0.29) is 29.7 Å². The summed E-state index contributed by atoms with van der Waals surface area (Å²) in [7, 11) is 0. The molecule has 25 heavy (non-hydrogen) atoms. The number of hydrogen-bond donors (Lipinski definition) is 2. The SMILES string of the molecule is O=C(O)[C@@H]1[C@H](C(=O)NC2CCCCCCCCCCC2)[C@H]2C=C[C@H]1C2. The van der Waals surface area contributed by atoms with Gasteiger partial charge >= 0.3 is 5.97 Å². The summed E-state index contributed by atoms with van der Waals surface area (Å²) >= 11 is 0. The molecule has 0 aromatic rings. The number of allylic oxidation sites excluding steroid dienone is 2. The molecule has 4 atom stereocenters. The standard InChI is InChI=1S/C21H33NO3/c23-20(18-15-12-13-16(14-15)19(18)21(24)25)22-17-10-8-6-4-2-1-3-5-7-9-11-17/h12-13,15-19H,1-11,14H2,(H,22,23)(H,24,25)/t15-,16-,18+,19-/m0/s1. The average Bonchev–Trinajstić information content (AvgIpc) is 3.18. The number of carbonyl (C=O) groups excluding carboxylic acids is 1. The number of rotatable bonds is 3. The van der Waals surface area contributed by atoms with Crippen LogP contribution in [-0.4, -0.2) is 23.0 Å². The van der Waals surface area contributed by atoms with Gasteiger partial charge in [-0.2, -0.15) is 0 Å². The maximum Gasteiger partial charge on any atom is 0.307 e. The molecule has 0 aliphatic heterocycles. The third kappa shape index (κ3) is 4.65. The van der Waals surface area contributed by atoms with Crippen LogP contribution in [0.25, 0.3) is 0 Å². The Bertz CT molecular complexity index is 489. The van der Waals surface area contributed by atoms with Gasteiger partial charge in [0, 0.05) is 6.04 Å². The van der Waals surface area contributed by atoms with E-state index in [4.69, 9.17) is 0 Å². The minimum absolute atomic E-state index is 0.0126. The van der Waals surface area contributed by atoms with Crippen molar-refractivity contribution in [2.75, 3.05) is 0 Å². The largest absolute Gasteiger partial charge is 0.481 e. The second-order valence-corrected chi connectivity index (χ2v) is 8.30. The van der Waals surface area contributed by atoms with Crippen molar-refractivity contribution >= 4 is 11.9 Å². The summed E-state index contributed by atoms with van der Waals surface area (Å²) in [4.78, 5) is 24.5. The van der Waals surface area contributed by atoms with E-state index >= 15 is 0 Å². The molecule has 4 heteroatoms. The van der Waals surface area contributed by atoms with Crippen molar-refractivity contribution in [1.29, 1.82) is 0 Å². The zero-order valence-corrected chi connectivity index (χ0v) is 15.3. The zero-order valence-electron chi connectivity index (χ0n) is 15.3. The highest BCUT2D eigenvalue weighted by Gasteiger charge is 2.51. The maximum absolute atomic E-state index is 12.9. The van der Waals surface area contributed by atoms with E-state index in [1.54, 1.807) is 0 Å². The fraction of sp³-hybridized carbons (Fsp3) is 0.810. The normalized spacial score (nSPS) is 34.2. The van der Waals surface area contributed by atoms with E-state index in [0.29, 0.717) is 0 Å². The van der Waals surface area contributed by atoms with E-state index in [0.717, 1.165) is 19.3 Å². The van der Waals surface area contributed by atoms with Crippen molar-refractivity contribution in [3.05, 3.63) is 12.2 Å². The van der Waals surface area contributed by atoms with Crippen molar-refractivity contribution in [2.45, 2.75) is 83.1 Å². The van der Waals surface area contributed by atoms with E-state index in [9.17, 15) is 14.7 Å². The van der Waals surface area contributed by atoms with Crippen LogP contribution in [0.5, 0.6) is 0 Å². The Morgan fingerprint density at radius 1 is 0.760 bits per heavy atom. The number of amides is 1. The lowest BCUT2D eigenvalue weighted by Gasteiger charge is -2.27. The molecule has 0 unspecified atom stereocenters. The molecule has 2 N–H and O–H groups in total. The zero-order chi connectivity index (χ0) is 17.6. The Labute approximate surface area is 151 Å². The molecule has 3 rings (SSSR count). The average molecular weight is 347 g/mol. The topological polar surface area (TPSA) is 66.4 Å². The number of aliphatic carboxylic acids is 1. The highest BCUT2D eigenvalue weighted by atomic mass is 16.4. The molecule has 2 saturated carbocycles. The van der Waals surface area contributed by atoms with Gasteiger partial charge in [0.2, 0.25) is 5.91 Å². The van der Waals surface area contributed by atoms with Crippen molar-refractivity contribution in [3.63, 3.8) is 0 Å². The quantitative estimate of drug-likeness (QED) is 0.748. The number of carboxylic acid groups (broad SMARTS) is 1. The van der Waals surface area contributed by atoms with Gasteiger partial charge in [-0.3, -0.25) is 9.59 Å². The molecular formula is C21H33NO3. The minimum atomic E-state index is -0.810. The van der Waals surface area contributed by atoms with Gasteiger partial charge in [0.1, 0.15) is 0 Å². The molecule has 0 aromatic carbocycles. The van der Waals surface area contributed by atoms with Gasteiger partial charge in [0.15, 0.2) is 0 Å². The van der Waals surface area contributed by atoms with Crippen LogP contribution in [0.4, 0.5) is 0 Å². The van der Waals surface area contributed by atoms with Gasteiger partial charge in [-0.05, 0) is 31.1 Å². The number of hydrogen-bond acceptors (Lipinski definition) is 2. The van der Waals surface area contributed by atoms with Crippen LogP contribution in [0.15, 0.2) is 12.2 Å². The lowest BCUT2D eigenvalue weighted by molar-refractivity contribution is -0.148. The molecule has 4 nitrogen and oxygen atoms in total. The van der Waals surface area contributed by atoms with Gasteiger partial charge in [-0.1, -0.05) is 69.9 Å². The Kier molecular flexibility index (Phi) is 6.55. The highest BCUT2D eigenvalue weighted by molar-refractivity contribution is 5.87. The van der Waals surface area contributed by atoms with Crippen molar-refractivity contribution in [1.82, 2.24) is 5.32 Å². The van der Waals surface area contributed by atoms with E-state index in [2.05, 4.69) is 11.4 Å². The summed E-state index contributed by atoms with van der Waals surface area (Å²) in [5.74, 6) is -1.54. The smallest absolute Gasteiger partial charge is 0.307 e. The maximum atomic E-state index is 12.9. The number of carboxylic acids is 1. The molecule has 2 fully saturated rings. The molecule has 1 amide bonds. The summed E-state index contributed by atoms with van der Waals surface area (Å²) in [6.45, 7) is 0. The van der Waals surface area contributed by atoms with Gasteiger partial charge in [-0.15, -0.1) is 0 Å². The molecular weight excluding hydrogens is 314 g/mol. The molecule has 0 spiro atoms. The van der Waals surface area contributed by atoms with Crippen molar-refractivity contribution in [2.24, 2.45) is 23.7 Å². The molecule has 0 heterocycles. The van der Waals surface area contributed by atoms with Crippen LogP contribution in [0.2, 0.25) is 0 Å². The van der Waals surface area contributed by atoms with E-state index in [1.165, 1.54) is 57.8 Å². The Balaban J connectivity index is 1.57. The van der Waals surface area contributed by atoms with Crippen molar-refractivity contribution < 1.29 is 14.7 Å². The monoisotopic (exact) mass is 347 g/mol. The van der Waals surface area contributed by atoms with Gasteiger partial charge in [0.05, 0.1) is 11.8 Å². The van der Waals surface area contributed by atoms with E-state index in [1.807, 2.05) is 6.08 Å². The Hall–Kier alpha value is -1.32. The number of nitrogens with one attached hydrogen (secondary N) is 1. The van der Waals surface area contributed by atoms with Crippen LogP contribution >= 0.6 is 0 Å². The first-order valence-electron chi connectivity index (χ1n) is 10.4. The van der Waals surface area contributed by atoms with E-state index < -0.39 is 11.9 Å². The third-order valence-corrected chi connectivity index (χ3v) is 6.50. The lowest BCUT2D eigenvalue weighted by Crippen LogP contribution is -2.44. The van der Waals surface area contributed by atoms with Crippen LogP contribution in [0, 0.1) is 23.7 Å².